The number of nitrogens with one attached hydrogen (secondary N) is 1. The van der Waals surface area contributed by atoms with Gasteiger partial charge in [-0.1, -0.05) is 11.3 Å². The standard InChI is InChI=1S/C12H18N6/c1-18-9-12(16-17-18)8-11(15-13)6-5-10-4-2-3-7-14-10/h2-4,7,9,11,15H,5-6,8,13H2,1H3. The lowest BCUT2D eigenvalue weighted by molar-refractivity contribution is 0.484. The number of hydrazine groups is 1. The predicted octanol–water partition coefficient (Wildman–Crippen LogP) is 0.217. The summed E-state index contributed by atoms with van der Waals surface area (Å²) in [5.74, 6) is 5.57. The van der Waals surface area contributed by atoms with Crippen LogP contribution in [0.2, 0.25) is 0 Å². The number of aromatic nitrogens is 4. The molecule has 3 N–H and O–H groups in total. The van der Waals surface area contributed by atoms with Gasteiger partial charge in [0.05, 0.1) is 5.69 Å². The predicted molar refractivity (Wildman–Crippen MR) is 68.4 cm³/mol. The minimum atomic E-state index is 0.184. The molecule has 1 atom stereocenters. The molecule has 2 aromatic rings. The highest BCUT2D eigenvalue weighted by Crippen LogP contribution is 2.06. The third-order valence-electron chi connectivity index (χ3n) is 2.82. The van der Waals surface area contributed by atoms with Gasteiger partial charge in [0.15, 0.2) is 0 Å². The van der Waals surface area contributed by atoms with E-state index in [9.17, 15) is 0 Å². The monoisotopic (exact) mass is 246 g/mol. The van der Waals surface area contributed by atoms with E-state index in [-0.39, 0.29) is 6.04 Å². The van der Waals surface area contributed by atoms with Crippen LogP contribution in [-0.4, -0.2) is 26.0 Å². The van der Waals surface area contributed by atoms with Crippen LogP contribution in [0.5, 0.6) is 0 Å². The van der Waals surface area contributed by atoms with E-state index in [4.69, 9.17) is 5.84 Å². The van der Waals surface area contributed by atoms with E-state index in [0.29, 0.717) is 0 Å². The Morgan fingerprint density at radius 1 is 1.39 bits per heavy atom. The summed E-state index contributed by atoms with van der Waals surface area (Å²) in [6, 6.07) is 6.12. The maximum absolute atomic E-state index is 5.57. The Kier molecular flexibility index (Phi) is 4.38. The Hall–Kier alpha value is -1.79. The topological polar surface area (TPSA) is 81.7 Å². The molecule has 0 spiro atoms. The van der Waals surface area contributed by atoms with E-state index in [0.717, 1.165) is 30.7 Å². The first-order valence-corrected chi connectivity index (χ1v) is 5.99. The maximum Gasteiger partial charge on any atom is 0.0843 e. The molecule has 0 aliphatic heterocycles. The van der Waals surface area contributed by atoms with Gasteiger partial charge in [0.25, 0.3) is 0 Å². The lowest BCUT2D eigenvalue weighted by atomic mass is 10.1. The van der Waals surface area contributed by atoms with Crippen LogP contribution >= 0.6 is 0 Å². The number of nitrogens with zero attached hydrogens (tertiary/aromatic N) is 4. The lowest BCUT2D eigenvalue weighted by Crippen LogP contribution is -2.37. The van der Waals surface area contributed by atoms with Gasteiger partial charge >= 0.3 is 0 Å². The van der Waals surface area contributed by atoms with Crippen LogP contribution in [0.4, 0.5) is 0 Å². The molecule has 0 fully saturated rings. The summed E-state index contributed by atoms with van der Waals surface area (Å²) in [6.07, 6.45) is 6.31. The van der Waals surface area contributed by atoms with Crippen molar-refractivity contribution in [2.24, 2.45) is 12.9 Å². The second-order valence-electron chi connectivity index (χ2n) is 4.31. The molecule has 96 valence electrons. The highest BCUT2D eigenvalue weighted by atomic mass is 15.4. The molecule has 18 heavy (non-hydrogen) atoms. The van der Waals surface area contributed by atoms with E-state index < -0.39 is 0 Å². The van der Waals surface area contributed by atoms with Gasteiger partial charge in [-0.25, -0.2) is 0 Å². The third-order valence-corrected chi connectivity index (χ3v) is 2.82. The van der Waals surface area contributed by atoms with E-state index in [1.807, 2.05) is 37.6 Å². The molecule has 2 aromatic heterocycles. The number of rotatable bonds is 6. The Bertz CT molecular complexity index is 466. The van der Waals surface area contributed by atoms with Gasteiger partial charge in [-0.05, 0) is 25.0 Å². The minimum Gasteiger partial charge on any atom is -0.271 e. The van der Waals surface area contributed by atoms with Crippen molar-refractivity contribution >= 4 is 0 Å². The highest BCUT2D eigenvalue weighted by Gasteiger charge is 2.10. The van der Waals surface area contributed by atoms with Crippen molar-refractivity contribution in [3.8, 4) is 0 Å². The summed E-state index contributed by atoms with van der Waals surface area (Å²) in [7, 11) is 1.86. The van der Waals surface area contributed by atoms with Crippen LogP contribution in [0.3, 0.4) is 0 Å². The van der Waals surface area contributed by atoms with Gasteiger partial charge < -0.3 is 0 Å². The van der Waals surface area contributed by atoms with Crippen LogP contribution in [0.15, 0.2) is 30.6 Å². The first-order valence-electron chi connectivity index (χ1n) is 5.99. The number of hydrogen-bond donors (Lipinski definition) is 2. The van der Waals surface area contributed by atoms with Crippen molar-refractivity contribution in [2.75, 3.05) is 0 Å². The number of nitrogens with two attached hydrogens (primary N) is 1. The van der Waals surface area contributed by atoms with Crippen LogP contribution in [-0.2, 0) is 19.9 Å². The zero-order valence-electron chi connectivity index (χ0n) is 10.5. The van der Waals surface area contributed by atoms with Crippen molar-refractivity contribution < 1.29 is 0 Å². The SMILES string of the molecule is Cn1cc(CC(CCc2ccccn2)NN)nn1. The molecule has 0 radical (unpaired) electrons. The van der Waals surface area contributed by atoms with Crippen molar-refractivity contribution in [1.29, 1.82) is 0 Å². The van der Waals surface area contributed by atoms with Crippen molar-refractivity contribution in [2.45, 2.75) is 25.3 Å². The minimum absolute atomic E-state index is 0.184. The molecule has 0 amide bonds. The molecule has 2 heterocycles. The van der Waals surface area contributed by atoms with Crippen LogP contribution in [0.1, 0.15) is 17.8 Å². The summed E-state index contributed by atoms with van der Waals surface area (Å²) in [5.41, 5.74) is 4.85. The van der Waals surface area contributed by atoms with Gasteiger partial charge in [-0.3, -0.25) is 20.9 Å². The fourth-order valence-electron chi connectivity index (χ4n) is 1.85. The second kappa shape index (κ2) is 6.23. The molecule has 6 heteroatoms. The summed E-state index contributed by atoms with van der Waals surface area (Å²) >= 11 is 0. The smallest absolute Gasteiger partial charge is 0.0843 e. The summed E-state index contributed by atoms with van der Waals surface area (Å²) in [5, 5.41) is 7.97. The van der Waals surface area contributed by atoms with E-state index in [2.05, 4.69) is 20.7 Å². The van der Waals surface area contributed by atoms with Crippen molar-refractivity contribution in [3.63, 3.8) is 0 Å². The molecule has 0 saturated carbocycles. The lowest BCUT2D eigenvalue weighted by Gasteiger charge is -2.13. The highest BCUT2D eigenvalue weighted by molar-refractivity contribution is 5.04. The van der Waals surface area contributed by atoms with Crippen molar-refractivity contribution in [1.82, 2.24) is 25.4 Å². The third kappa shape index (κ3) is 3.61. The van der Waals surface area contributed by atoms with Gasteiger partial charge in [0, 0.05) is 37.6 Å². The average molecular weight is 246 g/mol. The molecule has 0 aliphatic carbocycles. The molecular formula is C12H18N6. The van der Waals surface area contributed by atoms with Crippen LogP contribution in [0.25, 0.3) is 0 Å². The Labute approximate surface area is 106 Å². The molecule has 6 nitrogen and oxygen atoms in total. The number of pyridine rings is 1. The molecule has 0 saturated heterocycles. The molecule has 0 aromatic carbocycles. The van der Waals surface area contributed by atoms with Gasteiger partial charge in [0.1, 0.15) is 0 Å². The van der Waals surface area contributed by atoms with E-state index >= 15 is 0 Å². The molecule has 2 rings (SSSR count). The summed E-state index contributed by atoms with van der Waals surface area (Å²) < 4.78 is 1.70. The van der Waals surface area contributed by atoms with Gasteiger partial charge in [-0.2, -0.15) is 0 Å². The maximum atomic E-state index is 5.57. The zero-order chi connectivity index (χ0) is 12.8. The first kappa shape index (κ1) is 12.7. The summed E-state index contributed by atoms with van der Waals surface area (Å²) in [6.45, 7) is 0. The molecule has 0 bridgehead atoms. The largest absolute Gasteiger partial charge is 0.271 e. The fourth-order valence-corrected chi connectivity index (χ4v) is 1.85. The summed E-state index contributed by atoms with van der Waals surface area (Å²) in [4.78, 5) is 4.30. The van der Waals surface area contributed by atoms with Gasteiger partial charge in [-0.15, -0.1) is 5.10 Å². The zero-order valence-corrected chi connectivity index (χ0v) is 10.5. The Balaban J connectivity index is 1.86. The van der Waals surface area contributed by atoms with Gasteiger partial charge in [0.2, 0.25) is 0 Å². The molecule has 0 aliphatic rings. The van der Waals surface area contributed by atoms with Crippen LogP contribution in [0, 0.1) is 0 Å². The fraction of sp³-hybridized carbons (Fsp3) is 0.417. The second-order valence-corrected chi connectivity index (χ2v) is 4.31. The normalized spacial score (nSPS) is 12.6. The average Bonchev–Trinajstić information content (AvgIpc) is 2.81. The molecule has 1 unspecified atom stereocenters. The number of aryl methyl sites for hydroxylation is 2. The first-order chi connectivity index (χ1) is 8.78. The molecular weight excluding hydrogens is 228 g/mol. The van der Waals surface area contributed by atoms with Crippen molar-refractivity contribution in [3.05, 3.63) is 42.0 Å². The number of hydrogen-bond acceptors (Lipinski definition) is 5. The van der Waals surface area contributed by atoms with E-state index in [1.165, 1.54) is 0 Å². The van der Waals surface area contributed by atoms with Crippen LogP contribution < -0.4 is 11.3 Å². The van der Waals surface area contributed by atoms with E-state index in [1.54, 1.807) is 4.68 Å². The Morgan fingerprint density at radius 3 is 2.89 bits per heavy atom. The Morgan fingerprint density at radius 2 is 2.28 bits per heavy atom. The quantitative estimate of drug-likeness (QED) is 0.563.